The average Bonchev–Trinajstić information content (AvgIpc) is 2.25. The molecule has 3 nitrogen and oxygen atoms in total. The fraction of sp³-hybridized carbons (Fsp3) is 0.538. The highest BCUT2D eigenvalue weighted by Gasteiger charge is 2.13. The highest BCUT2D eigenvalue weighted by molar-refractivity contribution is 5.23. The predicted molar refractivity (Wildman–Crippen MR) is 65.2 cm³/mol. The number of aryl methyl sites for hydroxylation is 2. The van der Waals surface area contributed by atoms with E-state index < -0.39 is 6.10 Å². The molecular weight excluding hydrogens is 200 g/mol. The molecule has 0 saturated heterocycles. The number of rotatable bonds is 5. The molecule has 1 rings (SSSR count). The standard InChI is InChI=1S/C13H20N2O/c1-5-12-11(8-10(4)14-15-12)13(16)7-6-9(2)3/h8,13,16H,2,5-7H2,1,3-4H3. The lowest BCUT2D eigenvalue weighted by Gasteiger charge is -2.14. The fourth-order valence-corrected chi connectivity index (χ4v) is 1.64. The highest BCUT2D eigenvalue weighted by Crippen LogP contribution is 2.23. The van der Waals surface area contributed by atoms with Gasteiger partial charge in [0.15, 0.2) is 0 Å². The maximum Gasteiger partial charge on any atom is 0.0812 e. The van der Waals surface area contributed by atoms with Crippen molar-refractivity contribution in [3.05, 3.63) is 35.2 Å². The van der Waals surface area contributed by atoms with E-state index in [9.17, 15) is 5.11 Å². The highest BCUT2D eigenvalue weighted by atomic mass is 16.3. The lowest BCUT2D eigenvalue weighted by molar-refractivity contribution is 0.166. The van der Waals surface area contributed by atoms with E-state index in [1.165, 1.54) is 0 Å². The topological polar surface area (TPSA) is 46.0 Å². The average molecular weight is 220 g/mol. The Morgan fingerprint density at radius 1 is 1.50 bits per heavy atom. The molecule has 0 radical (unpaired) electrons. The number of aliphatic hydroxyl groups is 1. The van der Waals surface area contributed by atoms with Gasteiger partial charge >= 0.3 is 0 Å². The van der Waals surface area contributed by atoms with Gasteiger partial charge in [-0.1, -0.05) is 12.5 Å². The van der Waals surface area contributed by atoms with Gasteiger partial charge in [-0.05, 0) is 39.2 Å². The summed E-state index contributed by atoms with van der Waals surface area (Å²) in [6.07, 6.45) is 1.88. The Hall–Kier alpha value is -1.22. The molecule has 0 aliphatic heterocycles. The zero-order valence-corrected chi connectivity index (χ0v) is 10.3. The van der Waals surface area contributed by atoms with E-state index in [0.717, 1.165) is 35.4 Å². The van der Waals surface area contributed by atoms with Crippen molar-refractivity contribution in [2.45, 2.75) is 46.1 Å². The minimum Gasteiger partial charge on any atom is -0.388 e. The summed E-state index contributed by atoms with van der Waals surface area (Å²) >= 11 is 0. The normalized spacial score (nSPS) is 12.5. The molecule has 16 heavy (non-hydrogen) atoms. The van der Waals surface area contributed by atoms with Gasteiger partial charge in [0.1, 0.15) is 0 Å². The second kappa shape index (κ2) is 5.75. The van der Waals surface area contributed by atoms with Crippen molar-refractivity contribution in [1.82, 2.24) is 10.2 Å². The molecule has 0 bridgehead atoms. The van der Waals surface area contributed by atoms with Crippen LogP contribution < -0.4 is 0 Å². The fourth-order valence-electron chi connectivity index (χ4n) is 1.64. The van der Waals surface area contributed by atoms with Crippen molar-refractivity contribution in [3.63, 3.8) is 0 Å². The molecule has 1 unspecified atom stereocenters. The molecule has 3 heteroatoms. The molecule has 1 aromatic heterocycles. The van der Waals surface area contributed by atoms with Gasteiger partial charge in [0.2, 0.25) is 0 Å². The van der Waals surface area contributed by atoms with E-state index >= 15 is 0 Å². The zero-order valence-electron chi connectivity index (χ0n) is 10.3. The second-order valence-corrected chi connectivity index (χ2v) is 4.25. The summed E-state index contributed by atoms with van der Waals surface area (Å²) in [5.74, 6) is 0. The molecule has 0 aromatic carbocycles. The third-order valence-corrected chi connectivity index (χ3v) is 2.56. The minimum absolute atomic E-state index is 0.458. The number of aromatic nitrogens is 2. The van der Waals surface area contributed by atoms with Crippen molar-refractivity contribution in [2.75, 3.05) is 0 Å². The lowest BCUT2D eigenvalue weighted by atomic mass is 10.00. The van der Waals surface area contributed by atoms with E-state index in [1.807, 2.05) is 26.8 Å². The Balaban J connectivity index is 2.84. The SMILES string of the molecule is C=C(C)CCC(O)c1cc(C)nnc1CC. The molecule has 1 heterocycles. The van der Waals surface area contributed by atoms with E-state index in [4.69, 9.17) is 0 Å². The predicted octanol–water partition coefficient (Wildman–Crippen LogP) is 2.74. The number of aliphatic hydroxyl groups excluding tert-OH is 1. The summed E-state index contributed by atoms with van der Waals surface area (Å²) < 4.78 is 0. The third kappa shape index (κ3) is 3.42. The van der Waals surface area contributed by atoms with Crippen LogP contribution in [0.15, 0.2) is 18.2 Å². The molecule has 1 atom stereocenters. The first-order chi connectivity index (χ1) is 7.54. The number of hydrogen-bond acceptors (Lipinski definition) is 3. The first-order valence-electron chi connectivity index (χ1n) is 5.70. The van der Waals surface area contributed by atoms with Crippen LogP contribution >= 0.6 is 0 Å². The minimum atomic E-state index is -0.458. The molecule has 0 amide bonds. The van der Waals surface area contributed by atoms with Crippen molar-refractivity contribution in [3.8, 4) is 0 Å². The van der Waals surface area contributed by atoms with Gasteiger partial charge in [0.05, 0.1) is 17.5 Å². The van der Waals surface area contributed by atoms with E-state index in [-0.39, 0.29) is 0 Å². The van der Waals surface area contributed by atoms with Crippen LogP contribution in [-0.2, 0) is 6.42 Å². The number of nitrogens with zero attached hydrogens (tertiary/aromatic N) is 2. The van der Waals surface area contributed by atoms with Gasteiger partial charge in [-0.15, -0.1) is 6.58 Å². The second-order valence-electron chi connectivity index (χ2n) is 4.25. The summed E-state index contributed by atoms with van der Waals surface area (Å²) in [7, 11) is 0. The van der Waals surface area contributed by atoms with Gasteiger partial charge in [0, 0.05) is 5.56 Å². The number of hydrogen-bond donors (Lipinski definition) is 1. The van der Waals surface area contributed by atoms with E-state index in [1.54, 1.807) is 0 Å². The lowest BCUT2D eigenvalue weighted by Crippen LogP contribution is -2.06. The largest absolute Gasteiger partial charge is 0.388 e. The van der Waals surface area contributed by atoms with Gasteiger partial charge < -0.3 is 5.11 Å². The molecule has 0 aliphatic rings. The summed E-state index contributed by atoms with van der Waals surface area (Å²) in [4.78, 5) is 0. The van der Waals surface area contributed by atoms with Gasteiger partial charge in [-0.3, -0.25) is 0 Å². The van der Waals surface area contributed by atoms with Crippen LogP contribution in [0.1, 0.15) is 49.7 Å². The van der Waals surface area contributed by atoms with Crippen LogP contribution in [0.3, 0.4) is 0 Å². The Kier molecular flexibility index (Phi) is 4.62. The van der Waals surface area contributed by atoms with Crippen LogP contribution in [0, 0.1) is 6.92 Å². The van der Waals surface area contributed by atoms with Crippen LogP contribution in [0.5, 0.6) is 0 Å². The van der Waals surface area contributed by atoms with E-state index in [0.29, 0.717) is 6.42 Å². The Morgan fingerprint density at radius 3 is 2.75 bits per heavy atom. The molecule has 1 N–H and O–H groups in total. The van der Waals surface area contributed by atoms with Crippen LogP contribution in [0.2, 0.25) is 0 Å². The smallest absolute Gasteiger partial charge is 0.0812 e. The van der Waals surface area contributed by atoms with Crippen molar-refractivity contribution in [2.24, 2.45) is 0 Å². The summed E-state index contributed by atoms with van der Waals surface area (Å²) in [6.45, 7) is 9.73. The molecular formula is C13H20N2O. The molecule has 0 fully saturated rings. The Labute approximate surface area is 97.2 Å². The Bertz CT molecular complexity index is 374. The Morgan fingerprint density at radius 2 is 2.19 bits per heavy atom. The summed E-state index contributed by atoms with van der Waals surface area (Å²) in [5, 5.41) is 18.2. The van der Waals surface area contributed by atoms with Gasteiger partial charge in [0.25, 0.3) is 0 Å². The van der Waals surface area contributed by atoms with Crippen LogP contribution in [0.25, 0.3) is 0 Å². The summed E-state index contributed by atoms with van der Waals surface area (Å²) in [6, 6.07) is 1.93. The molecule has 88 valence electrons. The van der Waals surface area contributed by atoms with Crippen LogP contribution in [-0.4, -0.2) is 15.3 Å². The number of allylic oxidation sites excluding steroid dienone is 1. The summed E-state index contributed by atoms with van der Waals surface area (Å²) in [5.41, 5.74) is 3.74. The molecule has 1 aromatic rings. The zero-order chi connectivity index (χ0) is 12.1. The first-order valence-corrected chi connectivity index (χ1v) is 5.70. The first kappa shape index (κ1) is 12.8. The maximum atomic E-state index is 10.1. The van der Waals surface area contributed by atoms with Gasteiger partial charge in [-0.25, -0.2) is 0 Å². The maximum absolute atomic E-state index is 10.1. The quantitative estimate of drug-likeness (QED) is 0.776. The van der Waals surface area contributed by atoms with Gasteiger partial charge in [-0.2, -0.15) is 10.2 Å². The third-order valence-electron chi connectivity index (χ3n) is 2.56. The van der Waals surface area contributed by atoms with E-state index in [2.05, 4.69) is 16.8 Å². The molecule has 0 aliphatic carbocycles. The van der Waals surface area contributed by atoms with Crippen molar-refractivity contribution >= 4 is 0 Å². The van der Waals surface area contributed by atoms with Crippen molar-refractivity contribution in [1.29, 1.82) is 0 Å². The van der Waals surface area contributed by atoms with Crippen molar-refractivity contribution < 1.29 is 5.11 Å². The van der Waals surface area contributed by atoms with Crippen LogP contribution in [0.4, 0.5) is 0 Å². The molecule has 0 spiro atoms. The molecule has 0 saturated carbocycles. The monoisotopic (exact) mass is 220 g/mol.